The Labute approximate surface area is 128 Å². The molecule has 0 aromatic carbocycles. The molecular formula is C14H30ClN3O2. The first-order valence-electron chi connectivity index (χ1n) is 7.57. The van der Waals surface area contributed by atoms with Crippen LogP contribution in [0.4, 0.5) is 0 Å². The standard InChI is InChI=1S/C14H29N3O2.ClH/c1-2-6-13(15)14(19)16-8-3-4-9-17-10-5-7-12(17)11-18;/h12-13,18H,2-11,15H2,1H3,(H,16,19);1H. The van der Waals surface area contributed by atoms with Crippen molar-refractivity contribution >= 4 is 18.3 Å². The van der Waals surface area contributed by atoms with E-state index < -0.39 is 0 Å². The molecule has 0 saturated carbocycles. The number of nitrogens with two attached hydrogens (primary N) is 1. The van der Waals surface area contributed by atoms with E-state index in [1.807, 2.05) is 6.92 Å². The summed E-state index contributed by atoms with van der Waals surface area (Å²) in [6.45, 7) is 5.11. The molecule has 1 saturated heterocycles. The molecular weight excluding hydrogens is 278 g/mol. The molecule has 120 valence electrons. The number of unbranched alkanes of at least 4 members (excludes halogenated alkanes) is 1. The lowest BCUT2D eigenvalue weighted by Gasteiger charge is -2.22. The van der Waals surface area contributed by atoms with Crippen LogP contribution in [0.2, 0.25) is 0 Å². The van der Waals surface area contributed by atoms with Crippen LogP contribution in [0.1, 0.15) is 45.4 Å². The first-order valence-corrected chi connectivity index (χ1v) is 7.57. The third-order valence-corrected chi connectivity index (χ3v) is 3.82. The average Bonchev–Trinajstić information content (AvgIpc) is 2.85. The Morgan fingerprint density at radius 2 is 2.25 bits per heavy atom. The number of nitrogens with zero attached hydrogens (tertiary/aromatic N) is 1. The van der Waals surface area contributed by atoms with Gasteiger partial charge in [-0.25, -0.2) is 0 Å². The van der Waals surface area contributed by atoms with Gasteiger partial charge in [-0.1, -0.05) is 13.3 Å². The summed E-state index contributed by atoms with van der Waals surface area (Å²) in [5.74, 6) is -0.0312. The van der Waals surface area contributed by atoms with Crippen molar-refractivity contribution in [3.63, 3.8) is 0 Å². The van der Waals surface area contributed by atoms with E-state index in [1.165, 1.54) is 6.42 Å². The summed E-state index contributed by atoms with van der Waals surface area (Å²) in [5.41, 5.74) is 5.73. The second kappa shape index (κ2) is 11.3. The van der Waals surface area contributed by atoms with Gasteiger partial charge >= 0.3 is 0 Å². The first kappa shape index (κ1) is 19.6. The van der Waals surface area contributed by atoms with Gasteiger partial charge in [-0.2, -0.15) is 0 Å². The number of carbonyl (C=O) groups is 1. The van der Waals surface area contributed by atoms with Gasteiger partial charge in [0.15, 0.2) is 0 Å². The van der Waals surface area contributed by atoms with Crippen molar-refractivity contribution in [2.75, 3.05) is 26.2 Å². The molecule has 0 aliphatic carbocycles. The second-order valence-corrected chi connectivity index (χ2v) is 5.41. The molecule has 0 bridgehead atoms. The molecule has 5 nitrogen and oxygen atoms in total. The molecule has 2 unspecified atom stereocenters. The van der Waals surface area contributed by atoms with Crippen molar-refractivity contribution in [1.29, 1.82) is 0 Å². The molecule has 4 N–H and O–H groups in total. The van der Waals surface area contributed by atoms with Gasteiger partial charge in [0.05, 0.1) is 12.6 Å². The van der Waals surface area contributed by atoms with E-state index in [9.17, 15) is 9.90 Å². The molecule has 20 heavy (non-hydrogen) atoms. The Bertz CT molecular complexity index is 267. The lowest BCUT2D eigenvalue weighted by atomic mass is 10.1. The largest absolute Gasteiger partial charge is 0.395 e. The zero-order valence-electron chi connectivity index (χ0n) is 12.5. The maximum absolute atomic E-state index is 11.6. The molecule has 2 atom stereocenters. The molecule has 1 aliphatic heterocycles. The second-order valence-electron chi connectivity index (χ2n) is 5.41. The summed E-state index contributed by atoms with van der Waals surface area (Å²) in [5, 5.41) is 12.1. The highest BCUT2D eigenvalue weighted by Gasteiger charge is 2.22. The fraction of sp³-hybridized carbons (Fsp3) is 0.929. The van der Waals surface area contributed by atoms with Crippen molar-refractivity contribution in [3.8, 4) is 0 Å². The highest BCUT2D eigenvalue weighted by atomic mass is 35.5. The monoisotopic (exact) mass is 307 g/mol. The van der Waals surface area contributed by atoms with Crippen LogP contribution in [0.3, 0.4) is 0 Å². The van der Waals surface area contributed by atoms with E-state index in [0.29, 0.717) is 12.6 Å². The molecule has 1 aliphatic rings. The van der Waals surface area contributed by atoms with Crippen molar-refractivity contribution in [2.45, 2.75) is 57.5 Å². The number of amides is 1. The van der Waals surface area contributed by atoms with Gasteiger partial charge in [0, 0.05) is 12.6 Å². The van der Waals surface area contributed by atoms with E-state index >= 15 is 0 Å². The highest BCUT2D eigenvalue weighted by Crippen LogP contribution is 2.16. The van der Waals surface area contributed by atoms with Crippen LogP contribution in [0.15, 0.2) is 0 Å². The van der Waals surface area contributed by atoms with Gasteiger partial charge < -0.3 is 16.2 Å². The molecule has 1 fully saturated rings. The number of hydrogen-bond acceptors (Lipinski definition) is 4. The molecule has 0 spiro atoms. The maximum Gasteiger partial charge on any atom is 0.236 e. The SMILES string of the molecule is CCCC(N)C(=O)NCCCCN1CCCC1CO.Cl. The van der Waals surface area contributed by atoms with Gasteiger partial charge in [-0.3, -0.25) is 9.69 Å². The molecule has 1 amide bonds. The number of halogens is 1. The summed E-state index contributed by atoms with van der Waals surface area (Å²) in [4.78, 5) is 13.9. The van der Waals surface area contributed by atoms with Crippen LogP contribution in [0.5, 0.6) is 0 Å². The van der Waals surface area contributed by atoms with Crippen LogP contribution >= 0.6 is 12.4 Å². The van der Waals surface area contributed by atoms with Gasteiger partial charge in [0.2, 0.25) is 5.91 Å². The van der Waals surface area contributed by atoms with Crippen molar-refractivity contribution in [1.82, 2.24) is 10.2 Å². The van der Waals surface area contributed by atoms with Crippen LogP contribution in [-0.2, 0) is 4.79 Å². The predicted molar refractivity (Wildman–Crippen MR) is 84.1 cm³/mol. The van der Waals surface area contributed by atoms with Crippen molar-refractivity contribution in [2.24, 2.45) is 5.73 Å². The third-order valence-electron chi connectivity index (χ3n) is 3.82. The molecule has 1 rings (SSSR count). The lowest BCUT2D eigenvalue weighted by Crippen LogP contribution is -2.41. The van der Waals surface area contributed by atoms with Crippen molar-refractivity contribution < 1.29 is 9.90 Å². The Morgan fingerprint density at radius 1 is 1.50 bits per heavy atom. The van der Waals surface area contributed by atoms with Gasteiger partial charge in [0.1, 0.15) is 0 Å². The smallest absolute Gasteiger partial charge is 0.236 e. The minimum Gasteiger partial charge on any atom is -0.395 e. The Morgan fingerprint density at radius 3 is 2.90 bits per heavy atom. The van der Waals surface area contributed by atoms with E-state index in [-0.39, 0.29) is 31.0 Å². The zero-order valence-corrected chi connectivity index (χ0v) is 13.3. The molecule has 1 heterocycles. The fourth-order valence-corrected chi connectivity index (χ4v) is 2.62. The molecule has 0 radical (unpaired) electrons. The zero-order chi connectivity index (χ0) is 14.1. The Kier molecular flexibility index (Phi) is 11.1. The number of aliphatic hydroxyl groups excluding tert-OH is 1. The lowest BCUT2D eigenvalue weighted by molar-refractivity contribution is -0.122. The number of hydrogen-bond donors (Lipinski definition) is 3. The number of nitrogens with one attached hydrogen (secondary N) is 1. The number of aliphatic hydroxyl groups is 1. The predicted octanol–water partition coefficient (Wildman–Crippen LogP) is 0.889. The number of carbonyl (C=O) groups excluding carboxylic acids is 1. The summed E-state index contributed by atoms with van der Waals surface area (Å²) < 4.78 is 0. The van der Waals surface area contributed by atoms with Gasteiger partial charge in [-0.15, -0.1) is 12.4 Å². The average molecular weight is 308 g/mol. The maximum atomic E-state index is 11.6. The molecule has 6 heteroatoms. The van der Waals surface area contributed by atoms with Crippen molar-refractivity contribution in [3.05, 3.63) is 0 Å². The summed E-state index contributed by atoms with van der Waals surface area (Å²) in [6.07, 6.45) is 6.01. The minimum absolute atomic E-state index is 0. The first-order chi connectivity index (χ1) is 9.19. The van der Waals surface area contributed by atoms with E-state index in [2.05, 4.69) is 10.2 Å². The van der Waals surface area contributed by atoms with Crippen LogP contribution in [0.25, 0.3) is 0 Å². The molecule has 0 aromatic heterocycles. The van der Waals surface area contributed by atoms with E-state index in [1.54, 1.807) is 0 Å². The van der Waals surface area contributed by atoms with Gasteiger partial charge in [-0.05, 0) is 45.2 Å². The minimum atomic E-state index is -0.359. The van der Waals surface area contributed by atoms with E-state index in [4.69, 9.17) is 5.73 Å². The Hall–Kier alpha value is -0.360. The van der Waals surface area contributed by atoms with Crippen LogP contribution in [0, 0.1) is 0 Å². The van der Waals surface area contributed by atoms with Gasteiger partial charge in [0.25, 0.3) is 0 Å². The quantitative estimate of drug-likeness (QED) is 0.553. The fourth-order valence-electron chi connectivity index (χ4n) is 2.62. The summed E-state index contributed by atoms with van der Waals surface area (Å²) >= 11 is 0. The number of rotatable bonds is 9. The third kappa shape index (κ3) is 6.88. The summed E-state index contributed by atoms with van der Waals surface area (Å²) in [6, 6.07) is -0.00470. The Balaban J connectivity index is 0.00000361. The summed E-state index contributed by atoms with van der Waals surface area (Å²) in [7, 11) is 0. The topological polar surface area (TPSA) is 78.6 Å². The van der Waals surface area contributed by atoms with Crippen LogP contribution in [-0.4, -0.2) is 54.2 Å². The van der Waals surface area contributed by atoms with Crippen LogP contribution < -0.4 is 11.1 Å². The molecule has 0 aromatic rings. The number of likely N-dealkylation sites (tertiary alicyclic amines) is 1. The van der Waals surface area contributed by atoms with E-state index in [0.717, 1.165) is 45.2 Å². The normalized spacial score (nSPS) is 20.4. The highest BCUT2D eigenvalue weighted by molar-refractivity contribution is 5.85.